The molecule has 4 rings (SSSR count). The summed E-state index contributed by atoms with van der Waals surface area (Å²) in [5.74, 6) is 1.67. The number of benzene rings is 1. The Morgan fingerprint density at radius 3 is 2.56 bits per heavy atom. The van der Waals surface area contributed by atoms with E-state index in [4.69, 9.17) is 0 Å². The van der Waals surface area contributed by atoms with Gasteiger partial charge in [0.15, 0.2) is 0 Å². The fraction of sp³-hybridized carbons (Fsp3) is 0.600. The maximum atomic E-state index is 12.7. The third-order valence-electron chi connectivity index (χ3n) is 6.04. The van der Waals surface area contributed by atoms with Crippen molar-refractivity contribution >= 4 is 11.9 Å². The summed E-state index contributed by atoms with van der Waals surface area (Å²) in [5, 5.41) is 15.5. The highest BCUT2D eigenvalue weighted by Gasteiger charge is 2.30. The van der Waals surface area contributed by atoms with E-state index in [9.17, 15) is 4.79 Å². The van der Waals surface area contributed by atoms with Gasteiger partial charge in [0.25, 0.3) is 0 Å². The quantitative estimate of drug-likeness (QED) is 0.898. The van der Waals surface area contributed by atoms with Gasteiger partial charge in [-0.25, -0.2) is 0 Å². The molecule has 1 amide bonds. The topological polar surface area (TPSA) is 75.9 Å². The highest BCUT2D eigenvalue weighted by atomic mass is 16.2. The Morgan fingerprint density at radius 1 is 1.07 bits per heavy atom. The fourth-order valence-electron chi connectivity index (χ4n) is 4.29. The predicted octanol–water partition coefficient (Wildman–Crippen LogP) is 2.57. The van der Waals surface area contributed by atoms with Crippen molar-refractivity contribution in [2.75, 3.05) is 18.0 Å². The predicted molar refractivity (Wildman–Crippen MR) is 104 cm³/mol. The molecule has 2 aromatic rings. The smallest absolute Gasteiger partial charge is 0.250 e. The van der Waals surface area contributed by atoms with E-state index >= 15 is 0 Å². The van der Waals surface area contributed by atoms with E-state index in [-0.39, 0.29) is 11.8 Å². The Bertz CT molecular complexity index is 753. The van der Waals surface area contributed by atoms with Gasteiger partial charge in [0.2, 0.25) is 11.9 Å². The lowest BCUT2D eigenvalue weighted by Crippen LogP contribution is -2.47. The third-order valence-corrected chi connectivity index (χ3v) is 6.04. The van der Waals surface area contributed by atoms with E-state index in [1.165, 1.54) is 19.3 Å². The molecule has 0 radical (unpaired) electrons. The van der Waals surface area contributed by atoms with Crippen molar-refractivity contribution in [3.63, 3.8) is 0 Å². The molecule has 0 bridgehead atoms. The van der Waals surface area contributed by atoms with Crippen molar-refractivity contribution in [2.45, 2.75) is 51.5 Å². The van der Waals surface area contributed by atoms with E-state index in [0.717, 1.165) is 44.0 Å². The van der Waals surface area contributed by atoms with E-state index in [1.807, 2.05) is 30.3 Å². The minimum atomic E-state index is 0.0939. The van der Waals surface area contributed by atoms with Crippen LogP contribution in [0.2, 0.25) is 0 Å². The molecule has 0 spiro atoms. The van der Waals surface area contributed by atoms with Gasteiger partial charge in [0.1, 0.15) is 0 Å². The zero-order valence-corrected chi connectivity index (χ0v) is 15.9. The van der Waals surface area contributed by atoms with E-state index in [0.29, 0.717) is 12.0 Å². The Labute approximate surface area is 160 Å². The van der Waals surface area contributed by atoms with Crippen LogP contribution in [0.5, 0.6) is 0 Å². The van der Waals surface area contributed by atoms with Crippen LogP contribution in [0.25, 0.3) is 5.69 Å². The molecule has 27 heavy (non-hydrogen) atoms. The summed E-state index contributed by atoms with van der Waals surface area (Å²) in [6.07, 6.45) is 6.56. The molecule has 1 saturated heterocycles. The number of para-hydroxylation sites is 1. The third kappa shape index (κ3) is 3.96. The van der Waals surface area contributed by atoms with Gasteiger partial charge in [-0.15, -0.1) is 0 Å². The number of carbonyl (C=O) groups is 1. The molecule has 1 N–H and O–H groups in total. The van der Waals surface area contributed by atoms with Gasteiger partial charge in [-0.1, -0.05) is 43.1 Å². The summed E-state index contributed by atoms with van der Waals surface area (Å²) < 4.78 is 1.77. The Morgan fingerprint density at radius 2 is 1.81 bits per heavy atom. The summed E-state index contributed by atoms with van der Waals surface area (Å²) in [6, 6.07) is 10.3. The number of rotatable bonds is 4. The van der Waals surface area contributed by atoms with Gasteiger partial charge < -0.3 is 10.2 Å². The summed E-state index contributed by atoms with van der Waals surface area (Å²) >= 11 is 0. The fourth-order valence-corrected chi connectivity index (χ4v) is 4.29. The van der Waals surface area contributed by atoms with Gasteiger partial charge >= 0.3 is 0 Å². The maximum Gasteiger partial charge on any atom is 0.250 e. The van der Waals surface area contributed by atoms with Gasteiger partial charge in [0.05, 0.1) is 5.69 Å². The van der Waals surface area contributed by atoms with Crippen LogP contribution in [0.15, 0.2) is 30.3 Å². The van der Waals surface area contributed by atoms with Crippen LogP contribution in [0.4, 0.5) is 5.95 Å². The number of tetrazole rings is 1. The van der Waals surface area contributed by atoms with Crippen molar-refractivity contribution in [3.05, 3.63) is 30.3 Å². The minimum absolute atomic E-state index is 0.0939. The molecule has 1 aromatic carbocycles. The van der Waals surface area contributed by atoms with Gasteiger partial charge in [0, 0.05) is 25.0 Å². The first-order valence-electron chi connectivity index (χ1n) is 10.1. The SMILES string of the molecule is C[C@H]1CCCC[C@@H]1NC(=O)C1CCN(c2nnnn2-c2ccccc2)CC1. The van der Waals surface area contributed by atoms with Crippen LogP contribution in [-0.4, -0.2) is 45.2 Å². The summed E-state index contributed by atoms with van der Waals surface area (Å²) in [6.45, 7) is 3.85. The second-order valence-electron chi connectivity index (χ2n) is 7.86. The highest BCUT2D eigenvalue weighted by molar-refractivity contribution is 5.79. The number of nitrogens with zero attached hydrogens (tertiary/aromatic N) is 5. The van der Waals surface area contributed by atoms with Crippen LogP contribution in [0, 0.1) is 11.8 Å². The van der Waals surface area contributed by atoms with Crippen LogP contribution in [0.1, 0.15) is 45.4 Å². The number of carbonyl (C=O) groups excluding carboxylic acids is 1. The van der Waals surface area contributed by atoms with Crippen LogP contribution < -0.4 is 10.2 Å². The normalized spacial score (nSPS) is 24.0. The average molecular weight is 368 g/mol. The van der Waals surface area contributed by atoms with Crippen LogP contribution >= 0.6 is 0 Å². The number of hydrogen-bond donors (Lipinski definition) is 1. The van der Waals surface area contributed by atoms with E-state index in [2.05, 4.69) is 32.7 Å². The highest BCUT2D eigenvalue weighted by Crippen LogP contribution is 2.26. The molecule has 1 saturated carbocycles. The zero-order chi connectivity index (χ0) is 18.6. The van der Waals surface area contributed by atoms with Gasteiger partial charge in [-0.3, -0.25) is 4.79 Å². The lowest BCUT2D eigenvalue weighted by Gasteiger charge is -2.34. The molecule has 1 aromatic heterocycles. The second kappa shape index (κ2) is 8.06. The number of nitrogens with one attached hydrogen (secondary N) is 1. The lowest BCUT2D eigenvalue weighted by atomic mass is 9.85. The molecule has 2 aliphatic rings. The molecular formula is C20H28N6O. The number of anilines is 1. The van der Waals surface area contributed by atoms with Crippen molar-refractivity contribution in [2.24, 2.45) is 11.8 Å². The van der Waals surface area contributed by atoms with E-state index in [1.54, 1.807) is 4.68 Å². The molecule has 7 heteroatoms. The monoisotopic (exact) mass is 368 g/mol. The van der Waals surface area contributed by atoms with Gasteiger partial charge in [-0.05, 0) is 54.2 Å². The molecule has 1 aliphatic carbocycles. The molecule has 2 atom stereocenters. The van der Waals surface area contributed by atoms with Crippen molar-refractivity contribution in [1.82, 2.24) is 25.5 Å². The summed E-state index contributed by atoms with van der Waals surface area (Å²) in [4.78, 5) is 14.9. The largest absolute Gasteiger partial charge is 0.353 e. The Balaban J connectivity index is 1.36. The Kier molecular flexibility index (Phi) is 5.36. The van der Waals surface area contributed by atoms with E-state index < -0.39 is 0 Å². The Hall–Kier alpha value is -2.44. The summed E-state index contributed by atoms with van der Waals surface area (Å²) in [7, 11) is 0. The first-order valence-corrected chi connectivity index (χ1v) is 10.1. The minimum Gasteiger partial charge on any atom is -0.353 e. The van der Waals surface area contributed by atoms with Crippen molar-refractivity contribution < 1.29 is 4.79 Å². The average Bonchev–Trinajstić information content (AvgIpc) is 3.20. The van der Waals surface area contributed by atoms with Gasteiger partial charge in [-0.2, -0.15) is 4.68 Å². The molecule has 2 fully saturated rings. The second-order valence-corrected chi connectivity index (χ2v) is 7.86. The number of hydrogen-bond acceptors (Lipinski definition) is 5. The van der Waals surface area contributed by atoms with Crippen LogP contribution in [0.3, 0.4) is 0 Å². The molecule has 144 valence electrons. The molecule has 1 aliphatic heterocycles. The number of amides is 1. The molecule has 0 unspecified atom stereocenters. The zero-order valence-electron chi connectivity index (χ0n) is 15.9. The van der Waals surface area contributed by atoms with Crippen LogP contribution in [-0.2, 0) is 4.79 Å². The van der Waals surface area contributed by atoms with Crippen molar-refractivity contribution in [3.8, 4) is 5.69 Å². The first kappa shape index (κ1) is 17.9. The molecule has 2 heterocycles. The maximum absolute atomic E-state index is 12.7. The van der Waals surface area contributed by atoms with Crippen molar-refractivity contribution in [1.29, 1.82) is 0 Å². The number of aromatic nitrogens is 4. The number of piperidine rings is 1. The first-order chi connectivity index (χ1) is 13.2. The molecule has 7 nitrogen and oxygen atoms in total. The standard InChI is InChI=1S/C20H28N6O/c1-15-7-5-6-10-18(15)21-19(27)16-11-13-25(14-12-16)20-22-23-24-26(20)17-8-3-2-4-9-17/h2-4,8-9,15-16,18H,5-7,10-14H2,1H3,(H,21,27)/t15-,18-/m0/s1. The summed E-state index contributed by atoms with van der Waals surface area (Å²) in [5.41, 5.74) is 0.948. The molecular weight excluding hydrogens is 340 g/mol. The lowest BCUT2D eigenvalue weighted by molar-refractivity contribution is -0.126.